The van der Waals surface area contributed by atoms with Crippen LogP contribution in [-0.4, -0.2) is 43.2 Å². The molecule has 0 saturated carbocycles. The summed E-state index contributed by atoms with van der Waals surface area (Å²) < 4.78 is 33.0. The summed E-state index contributed by atoms with van der Waals surface area (Å²) in [5.41, 5.74) is 0.469. The number of nitrogens with one attached hydrogen (secondary N) is 1. The molecule has 0 unspecified atom stereocenters. The minimum Gasteiger partial charge on any atom is -0.492 e. The molecule has 2 aromatic carbocycles. The number of amides is 1. The van der Waals surface area contributed by atoms with Crippen molar-refractivity contribution < 1.29 is 22.9 Å². The lowest BCUT2D eigenvalue weighted by molar-refractivity contribution is -0.385. The van der Waals surface area contributed by atoms with E-state index >= 15 is 0 Å². The molecule has 0 aromatic heterocycles. The number of nitrogens with zero attached hydrogens (tertiary/aromatic N) is 2. The Hall–Kier alpha value is -2.98. The molecule has 0 atom stereocenters. The predicted molar refractivity (Wildman–Crippen MR) is 111 cm³/mol. The van der Waals surface area contributed by atoms with E-state index in [2.05, 4.69) is 5.32 Å². The van der Waals surface area contributed by atoms with E-state index in [0.717, 1.165) is 12.8 Å². The van der Waals surface area contributed by atoms with Crippen molar-refractivity contribution in [3.05, 3.63) is 57.6 Å². The Morgan fingerprint density at radius 2 is 1.93 bits per heavy atom. The van der Waals surface area contributed by atoms with Gasteiger partial charge in [0.25, 0.3) is 11.6 Å². The minimum absolute atomic E-state index is 0.0141. The van der Waals surface area contributed by atoms with Crippen LogP contribution in [0.15, 0.2) is 41.3 Å². The molecule has 1 aliphatic heterocycles. The van der Waals surface area contributed by atoms with Gasteiger partial charge in [-0.15, -0.1) is 0 Å². The quantitative estimate of drug-likeness (QED) is 0.528. The van der Waals surface area contributed by atoms with Crippen LogP contribution in [0.5, 0.6) is 5.75 Å². The second kappa shape index (κ2) is 8.80. The number of anilines is 1. The molecule has 1 saturated heterocycles. The minimum atomic E-state index is -3.77. The Bertz CT molecular complexity index is 1080. The Morgan fingerprint density at radius 1 is 1.23 bits per heavy atom. The molecule has 0 spiro atoms. The van der Waals surface area contributed by atoms with Crippen LogP contribution in [0, 0.1) is 17.0 Å². The first-order chi connectivity index (χ1) is 14.3. The monoisotopic (exact) mass is 433 g/mol. The van der Waals surface area contributed by atoms with Crippen molar-refractivity contribution in [1.82, 2.24) is 4.31 Å². The molecule has 30 heavy (non-hydrogen) atoms. The Labute approximate surface area is 174 Å². The third-order valence-corrected chi connectivity index (χ3v) is 6.85. The largest absolute Gasteiger partial charge is 0.492 e. The molecule has 1 amide bonds. The molecule has 1 heterocycles. The van der Waals surface area contributed by atoms with Crippen molar-refractivity contribution in [2.75, 3.05) is 25.0 Å². The van der Waals surface area contributed by atoms with E-state index in [1.807, 2.05) is 0 Å². The summed E-state index contributed by atoms with van der Waals surface area (Å²) in [6.45, 7) is 4.43. The number of nitro groups is 1. The van der Waals surface area contributed by atoms with E-state index in [0.29, 0.717) is 19.7 Å². The summed E-state index contributed by atoms with van der Waals surface area (Å²) in [6, 6.07) is 8.64. The van der Waals surface area contributed by atoms with Gasteiger partial charge in [-0.05, 0) is 51.0 Å². The number of sulfonamides is 1. The van der Waals surface area contributed by atoms with Crippen molar-refractivity contribution in [2.24, 2.45) is 0 Å². The molecular formula is C20H23N3O6S. The van der Waals surface area contributed by atoms with Gasteiger partial charge >= 0.3 is 0 Å². The van der Waals surface area contributed by atoms with Gasteiger partial charge in [0.1, 0.15) is 10.6 Å². The summed E-state index contributed by atoms with van der Waals surface area (Å²) in [5, 5.41) is 13.8. The number of hydrogen-bond donors (Lipinski definition) is 1. The van der Waals surface area contributed by atoms with Crippen LogP contribution in [0.1, 0.15) is 35.7 Å². The van der Waals surface area contributed by atoms with Gasteiger partial charge in [0.15, 0.2) is 0 Å². The fourth-order valence-electron chi connectivity index (χ4n) is 3.40. The van der Waals surface area contributed by atoms with E-state index in [1.54, 1.807) is 13.0 Å². The van der Waals surface area contributed by atoms with Gasteiger partial charge in [0, 0.05) is 36.0 Å². The summed E-state index contributed by atoms with van der Waals surface area (Å²) in [7, 11) is -3.77. The SMILES string of the molecule is CCOc1ccc(NC(=O)c2cccc([N+](=O)[O-])c2C)cc1S(=O)(=O)N1CCCC1. The Morgan fingerprint density at radius 3 is 2.57 bits per heavy atom. The summed E-state index contributed by atoms with van der Waals surface area (Å²) in [4.78, 5) is 23.3. The maximum Gasteiger partial charge on any atom is 0.273 e. The lowest BCUT2D eigenvalue weighted by Gasteiger charge is -2.19. The van der Waals surface area contributed by atoms with Gasteiger partial charge in [-0.3, -0.25) is 14.9 Å². The number of rotatable bonds is 7. The lowest BCUT2D eigenvalue weighted by Crippen LogP contribution is -2.28. The second-order valence-electron chi connectivity index (χ2n) is 6.87. The van der Waals surface area contributed by atoms with E-state index in [1.165, 1.54) is 41.6 Å². The van der Waals surface area contributed by atoms with Crippen molar-refractivity contribution in [3.8, 4) is 5.75 Å². The highest BCUT2D eigenvalue weighted by Gasteiger charge is 2.30. The van der Waals surface area contributed by atoms with Gasteiger partial charge in [0.2, 0.25) is 10.0 Å². The standard InChI is InChI=1S/C20H23N3O6S/c1-3-29-18-10-9-15(13-19(18)30(27,28)22-11-4-5-12-22)21-20(24)16-7-6-8-17(14(16)2)23(25)26/h6-10,13H,3-5,11-12H2,1-2H3,(H,21,24). The van der Waals surface area contributed by atoms with Gasteiger partial charge in [-0.2, -0.15) is 4.31 Å². The maximum atomic E-state index is 13.1. The average molecular weight is 433 g/mol. The highest BCUT2D eigenvalue weighted by atomic mass is 32.2. The second-order valence-corrected chi connectivity index (χ2v) is 8.77. The molecule has 0 bridgehead atoms. The molecule has 9 nitrogen and oxygen atoms in total. The van der Waals surface area contributed by atoms with Crippen LogP contribution in [-0.2, 0) is 10.0 Å². The molecular weight excluding hydrogens is 410 g/mol. The number of carbonyl (C=O) groups is 1. The average Bonchev–Trinajstić information content (AvgIpc) is 3.25. The first-order valence-corrected chi connectivity index (χ1v) is 11.0. The first kappa shape index (κ1) is 21.7. The van der Waals surface area contributed by atoms with Crippen molar-refractivity contribution in [1.29, 1.82) is 0 Å². The van der Waals surface area contributed by atoms with E-state index in [4.69, 9.17) is 4.74 Å². The molecule has 10 heteroatoms. The van der Waals surface area contributed by atoms with E-state index < -0.39 is 20.9 Å². The number of nitro benzene ring substituents is 1. The number of hydrogen-bond acceptors (Lipinski definition) is 6. The first-order valence-electron chi connectivity index (χ1n) is 9.58. The van der Waals surface area contributed by atoms with E-state index in [9.17, 15) is 23.3 Å². The zero-order valence-electron chi connectivity index (χ0n) is 16.8. The number of benzene rings is 2. The summed E-state index contributed by atoms with van der Waals surface area (Å²) in [6.07, 6.45) is 1.59. The smallest absolute Gasteiger partial charge is 0.273 e. The zero-order valence-corrected chi connectivity index (χ0v) is 17.6. The molecule has 1 aliphatic rings. The van der Waals surface area contributed by atoms with Crippen molar-refractivity contribution >= 4 is 27.3 Å². The summed E-state index contributed by atoms with van der Waals surface area (Å²) >= 11 is 0. The zero-order chi connectivity index (χ0) is 21.9. The van der Waals surface area contributed by atoms with Crippen LogP contribution in [0.3, 0.4) is 0 Å². The third-order valence-electron chi connectivity index (χ3n) is 4.93. The Kier molecular flexibility index (Phi) is 6.37. The number of ether oxygens (including phenoxy) is 1. The van der Waals surface area contributed by atoms with Crippen LogP contribution in [0.25, 0.3) is 0 Å². The predicted octanol–water partition coefficient (Wildman–Crippen LogP) is 3.34. The fourth-order valence-corrected chi connectivity index (χ4v) is 5.07. The molecule has 0 radical (unpaired) electrons. The highest BCUT2D eigenvalue weighted by molar-refractivity contribution is 7.89. The third kappa shape index (κ3) is 4.29. The van der Waals surface area contributed by atoms with E-state index in [-0.39, 0.29) is 33.1 Å². The normalized spacial score (nSPS) is 14.5. The van der Waals surface area contributed by atoms with Gasteiger partial charge in [-0.1, -0.05) is 6.07 Å². The molecule has 160 valence electrons. The maximum absolute atomic E-state index is 13.1. The van der Waals surface area contributed by atoms with Gasteiger partial charge in [-0.25, -0.2) is 8.42 Å². The lowest BCUT2D eigenvalue weighted by atomic mass is 10.1. The van der Waals surface area contributed by atoms with Crippen molar-refractivity contribution in [2.45, 2.75) is 31.6 Å². The fraction of sp³-hybridized carbons (Fsp3) is 0.350. The molecule has 1 N–H and O–H groups in total. The number of carbonyl (C=O) groups excluding carboxylic acids is 1. The highest BCUT2D eigenvalue weighted by Crippen LogP contribution is 2.32. The van der Waals surface area contributed by atoms with Crippen LogP contribution in [0.4, 0.5) is 11.4 Å². The van der Waals surface area contributed by atoms with Crippen LogP contribution >= 0.6 is 0 Å². The van der Waals surface area contributed by atoms with Gasteiger partial charge < -0.3 is 10.1 Å². The van der Waals surface area contributed by atoms with Gasteiger partial charge in [0.05, 0.1) is 11.5 Å². The molecule has 1 fully saturated rings. The molecule has 0 aliphatic carbocycles. The van der Waals surface area contributed by atoms with Crippen LogP contribution in [0.2, 0.25) is 0 Å². The van der Waals surface area contributed by atoms with Crippen LogP contribution < -0.4 is 10.1 Å². The molecule has 2 aromatic rings. The topological polar surface area (TPSA) is 119 Å². The molecule has 3 rings (SSSR count). The summed E-state index contributed by atoms with van der Waals surface area (Å²) in [5.74, 6) is -0.348. The van der Waals surface area contributed by atoms with Crippen molar-refractivity contribution in [3.63, 3.8) is 0 Å². The Balaban J connectivity index is 1.95.